The molecule has 0 saturated carbocycles. The maximum Gasteiger partial charge on any atom is 0.175 e. The Kier molecular flexibility index (Phi) is 6.74. The molecule has 0 heterocycles. The van der Waals surface area contributed by atoms with E-state index in [9.17, 15) is 0 Å². The summed E-state index contributed by atoms with van der Waals surface area (Å²) in [4.78, 5) is 0. The molecule has 0 aliphatic rings. The molecule has 0 amide bonds. The summed E-state index contributed by atoms with van der Waals surface area (Å²) >= 11 is 3.55. The van der Waals surface area contributed by atoms with E-state index in [-0.39, 0.29) is 0 Å². The number of para-hydroxylation sites is 1. The lowest BCUT2D eigenvalue weighted by molar-refractivity contribution is 0.185. The SMILES string of the molecule is CCOc1c(Br)cc(CNc2ccccc2COC)cc1OC. The molecule has 0 saturated heterocycles. The number of nitrogens with one attached hydrogen (secondary N) is 1. The fraction of sp³-hybridized carbons (Fsp3) is 0.333. The van der Waals surface area contributed by atoms with Crippen LogP contribution in [0.3, 0.4) is 0 Å². The number of halogens is 1. The van der Waals surface area contributed by atoms with Gasteiger partial charge >= 0.3 is 0 Å². The third kappa shape index (κ3) is 4.62. The number of rotatable bonds is 8. The Morgan fingerprint density at radius 1 is 1.13 bits per heavy atom. The van der Waals surface area contributed by atoms with Crippen molar-refractivity contribution in [1.82, 2.24) is 0 Å². The summed E-state index contributed by atoms with van der Waals surface area (Å²) in [6.45, 7) is 3.81. The zero-order chi connectivity index (χ0) is 16.7. The predicted octanol–water partition coefficient (Wildman–Crippen LogP) is 4.61. The van der Waals surface area contributed by atoms with Crippen molar-refractivity contribution in [2.75, 3.05) is 26.1 Å². The second-order valence-electron chi connectivity index (χ2n) is 4.99. The molecule has 0 atom stereocenters. The van der Waals surface area contributed by atoms with Gasteiger partial charge in [-0.3, -0.25) is 0 Å². The Morgan fingerprint density at radius 3 is 2.61 bits per heavy atom. The first-order chi connectivity index (χ1) is 11.2. The van der Waals surface area contributed by atoms with Gasteiger partial charge in [0.2, 0.25) is 0 Å². The fourth-order valence-corrected chi connectivity index (χ4v) is 2.94. The van der Waals surface area contributed by atoms with E-state index < -0.39 is 0 Å². The Balaban J connectivity index is 2.16. The van der Waals surface area contributed by atoms with Crippen molar-refractivity contribution in [3.8, 4) is 11.5 Å². The zero-order valence-electron chi connectivity index (χ0n) is 13.7. The molecule has 124 valence electrons. The van der Waals surface area contributed by atoms with Crippen molar-refractivity contribution in [2.24, 2.45) is 0 Å². The molecular formula is C18H22BrNO3. The smallest absolute Gasteiger partial charge is 0.175 e. The van der Waals surface area contributed by atoms with Gasteiger partial charge in [-0.2, -0.15) is 0 Å². The van der Waals surface area contributed by atoms with E-state index in [1.807, 2.05) is 31.2 Å². The summed E-state index contributed by atoms with van der Waals surface area (Å²) in [6, 6.07) is 12.2. The van der Waals surface area contributed by atoms with E-state index in [4.69, 9.17) is 14.2 Å². The fourth-order valence-electron chi connectivity index (χ4n) is 2.33. The molecule has 4 nitrogen and oxygen atoms in total. The number of benzene rings is 2. The van der Waals surface area contributed by atoms with Crippen molar-refractivity contribution < 1.29 is 14.2 Å². The van der Waals surface area contributed by atoms with E-state index in [1.54, 1.807) is 14.2 Å². The van der Waals surface area contributed by atoms with Gasteiger partial charge < -0.3 is 19.5 Å². The second kappa shape index (κ2) is 8.79. The maximum absolute atomic E-state index is 5.62. The van der Waals surface area contributed by atoms with Gasteiger partial charge in [-0.05, 0) is 46.6 Å². The van der Waals surface area contributed by atoms with Crippen LogP contribution in [0.1, 0.15) is 18.1 Å². The molecule has 2 aromatic rings. The summed E-state index contributed by atoms with van der Waals surface area (Å²) in [7, 11) is 3.35. The molecule has 0 aliphatic carbocycles. The largest absolute Gasteiger partial charge is 0.493 e. The average molecular weight is 380 g/mol. The van der Waals surface area contributed by atoms with Crippen LogP contribution in [-0.2, 0) is 17.9 Å². The normalized spacial score (nSPS) is 10.4. The second-order valence-corrected chi connectivity index (χ2v) is 5.84. The highest BCUT2D eigenvalue weighted by atomic mass is 79.9. The maximum atomic E-state index is 5.62. The van der Waals surface area contributed by atoms with Gasteiger partial charge in [0.05, 0.1) is 24.8 Å². The third-order valence-electron chi connectivity index (χ3n) is 3.38. The zero-order valence-corrected chi connectivity index (χ0v) is 15.3. The first-order valence-corrected chi connectivity index (χ1v) is 8.28. The third-order valence-corrected chi connectivity index (χ3v) is 3.97. The van der Waals surface area contributed by atoms with Gasteiger partial charge in [-0.25, -0.2) is 0 Å². The van der Waals surface area contributed by atoms with E-state index in [0.717, 1.165) is 32.8 Å². The minimum absolute atomic E-state index is 0.583. The number of hydrogen-bond acceptors (Lipinski definition) is 4. The number of methoxy groups -OCH3 is 2. The van der Waals surface area contributed by atoms with Crippen LogP contribution in [0, 0.1) is 0 Å². The van der Waals surface area contributed by atoms with Gasteiger partial charge in [-0.1, -0.05) is 18.2 Å². The highest BCUT2D eigenvalue weighted by Gasteiger charge is 2.11. The number of anilines is 1. The predicted molar refractivity (Wildman–Crippen MR) is 96.3 cm³/mol. The Morgan fingerprint density at radius 2 is 1.91 bits per heavy atom. The van der Waals surface area contributed by atoms with Crippen LogP contribution in [-0.4, -0.2) is 20.8 Å². The van der Waals surface area contributed by atoms with Crippen LogP contribution in [0.2, 0.25) is 0 Å². The summed E-state index contributed by atoms with van der Waals surface area (Å²) in [5.74, 6) is 1.46. The summed E-state index contributed by atoms with van der Waals surface area (Å²) in [5.41, 5.74) is 3.30. The van der Waals surface area contributed by atoms with Crippen molar-refractivity contribution in [1.29, 1.82) is 0 Å². The van der Waals surface area contributed by atoms with E-state index >= 15 is 0 Å². The lowest BCUT2D eigenvalue weighted by Gasteiger charge is -2.15. The Hall–Kier alpha value is -1.72. The minimum atomic E-state index is 0.583. The van der Waals surface area contributed by atoms with Crippen molar-refractivity contribution in [2.45, 2.75) is 20.1 Å². The van der Waals surface area contributed by atoms with Crippen LogP contribution in [0.4, 0.5) is 5.69 Å². The topological polar surface area (TPSA) is 39.7 Å². The molecule has 2 rings (SSSR count). The first-order valence-electron chi connectivity index (χ1n) is 7.49. The molecule has 0 aromatic heterocycles. The minimum Gasteiger partial charge on any atom is -0.493 e. The molecule has 0 fully saturated rings. The molecule has 23 heavy (non-hydrogen) atoms. The van der Waals surface area contributed by atoms with Crippen LogP contribution < -0.4 is 14.8 Å². The van der Waals surface area contributed by atoms with Crippen molar-refractivity contribution in [3.63, 3.8) is 0 Å². The van der Waals surface area contributed by atoms with Crippen LogP contribution in [0.15, 0.2) is 40.9 Å². The monoisotopic (exact) mass is 379 g/mol. The summed E-state index contributed by atoms with van der Waals surface area (Å²) < 4.78 is 17.2. The Bertz CT molecular complexity index is 646. The molecule has 2 aromatic carbocycles. The standard InChI is InChI=1S/C18H22BrNO3/c1-4-23-18-15(19)9-13(10-17(18)22-3)11-20-16-8-6-5-7-14(16)12-21-2/h5-10,20H,4,11-12H2,1-3H3. The van der Waals surface area contributed by atoms with Gasteiger partial charge in [0.1, 0.15) is 0 Å². The molecule has 1 N–H and O–H groups in total. The average Bonchev–Trinajstić information content (AvgIpc) is 2.56. The van der Waals surface area contributed by atoms with Crippen LogP contribution in [0.25, 0.3) is 0 Å². The van der Waals surface area contributed by atoms with Gasteiger partial charge in [0.25, 0.3) is 0 Å². The van der Waals surface area contributed by atoms with E-state index in [2.05, 4.69) is 33.4 Å². The lowest BCUT2D eigenvalue weighted by Crippen LogP contribution is -2.04. The van der Waals surface area contributed by atoms with Gasteiger partial charge in [0, 0.05) is 24.9 Å². The van der Waals surface area contributed by atoms with Gasteiger partial charge in [-0.15, -0.1) is 0 Å². The molecule has 5 heteroatoms. The van der Waals surface area contributed by atoms with Gasteiger partial charge in [0.15, 0.2) is 11.5 Å². The highest BCUT2D eigenvalue weighted by Crippen LogP contribution is 2.36. The first kappa shape index (κ1) is 17.6. The Labute approximate surface area is 145 Å². The molecule has 0 aliphatic heterocycles. The summed E-state index contributed by atoms with van der Waals surface area (Å²) in [5, 5.41) is 3.45. The molecule has 0 unspecified atom stereocenters. The lowest BCUT2D eigenvalue weighted by atomic mass is 10.1. The van der Waals surface area contributed by atoms with Crippen molar-refractivity contribution >= 4 is 21.6 Å². The quantitative estimate of drug-likeness (QED) is 0.726. The number of ether oxygens (including phenoxy) is 3. The molecular weight excluding hydrogens is 358 g/mol. The van der Waals surface area contributed by atoms with Crippen LogP contribution >= 0.6 is 15.9 Å². The van der Waals surface area contributed by atoms with Crippen molar-refractivity contribution in [3.05, 3.63) is 52.0 Å². The number of hydrogen-bond donors (Lipinski definition) is 1. The molecule has 0 radical (unpaired) electrons. The summed E-state index contributed by atoms with van der Waals surface area (Å²) in [6.07, 6.45) is 0. The molecule has 0 spiro atoms. The van der Waals surface area contributed by atoms with Crippen LogP contribution in [0.5, 0.6) is 11.5 Å². The molecule has 0 bridgehead atoms. The highest BCUT2D eigenvalue weighted by molar-refractivity contribution is 9.10. The van der Waals surface area contributed by atoms with E-state index in [1.165, 1.54) is 0 Å². The van der Waals surface area contributed by atoms with E-state index in [0.29, 0.717) is 19.8 Å².